The van der Waals surface area contributed by atoms with Gasteiger partial charge < -0.3 is 15.8 Å². The van der Waals surface area contributed by atoms with Crippen molar-refractivity contribution in [2.45, 2.75) is 70.6 Å². The van der Waals surface area contributed by atoms with Gasteiger partial charge >= 0.3 is 0 Å². The number of carbonyl (C=O) groups excluding carboxylic acids is 1. The lowest BCUT2D eigenvalue weighted by molar-refractivity contribution is -0.130. The summed E-state index contributed by atoms with van der Waals surface area (Å²) < 4.78 is 5.69. The fourth-order valence-electron chi connectivity index (χ4n) is 3.49. The first-order chi connectivity index (χ1) is 8.87. The number of hydrogen-bond acceptors (Lipinski definition) is 3. The molecule has 1 aliphatic heterocycles. The normalized spacial score (nSPS) is 38.7. The average Bonchev–Trinajstić information content (AvgIpc) is 2.27. The molecule has 1 aliphatic carbocycles. The molecule has 0 aromatic rings. The van der Waals surface area contributed by atoms with Crippen molar-refractivity contribution < 1.29 is 9.53 Å². The van der Waals surface area contributed by atoms with Crippen molar-refractivity contribution in [3.8, 4) is 0 Å². The van der Waals surface area contributed by atoms with Crippen molar-refractivity contribution in [3.05, 3.63) is 0 Å². The summed E-state index contributed by atoms with van der Waals surface area (Å²) in [6.45, 7) is 7.07. The van der Waals surface area contributed by atoms with E-state index >= 15 is 0 Å². The third-order valence-electron chi connectivity index (χ3n) is 4.59. The smallest absolute Gasteiger partial charge is 0.223 e. The van der Waals surface area contributed by atoms with Crippen molar-refractivity contribution in [1.29, 1.82) is 0 Å². The molecule has 110 valence electrons. The third-order valence-corrected chi connectivity index (χ3v) is 4.59. The molecule has 1 saturated heterocycles. The zero-order valence-corrected chi connectivity index (χ0v) is 12.4. The number of rotatable bonds is 2. The molecule has 19 heavy (non-hydrogen) atoms. The molecule has 0 aromatic carbocycles. The van der Waals surface area contributed by atoms with E-state index in [4.69, 9.17) is 10.5 Å². The van der Waals surface area contributed by atoms with Crippen molar-refractivity contribution in [2.24, 2.45) is 17.6 Å². The Kier molecular flexibility index (Phi) is 4.51. The molecule has 1 amide bonds. The molecule has 2 rings (SSSR count). The minimum Gasteiger partial charge on any atom is -0.375 e. The van der Waals surface area contributed by atoms with Gasteiger partial charge in [0.1, 0.15) is 0 Å². The maximum Gasteiger partial charge on any atom is 0.223 e. The molecule has 0 radical (unpaired) electrons. The van der Waals surface area contributed by atoms with Crippen LogP contribution >= 0.6 is 0 Å². The Hall–Kier alpha value is -0.610. The number of ether oxygens (including phenoxy) is 1. The van der Waals surface area contributed by atoms with E-state index in [2.05, 4.69) is 26.1 Å². The molecule has 1 saturated carbocycles. The number of hydrogen-bond donors (Lipinski definition) is 2. The molecule has 3 N–H and O–H groups in total. The van der Waals surface area contributed by atoms with E-state index in [1.54, 1.807) is 0 Å². The van der Waals surface area contributed by atoms with Crippen LogP contribution in [0.1, 0.15) is 52.9 Å². The minimum atomic E-state index is -0.114. The number of nitrogens with one attached hydrogen (secondary N) is 1. The van der Waals surface area contributed by atoms with Gasteiger partial charge in [-0.1, -0.05) is 6.92 Å². The molecule has 4 heteroatoms. The van der Waals surface area contributed by atoms with Gasteiger partial charge in [-0.15, -0.1) is 0 Å². The summed E-state index contributed by atoms with van der Waals surface area (Å²) in [6.07, 6.45) is 4.70. The maximum atomic E-state index is 12.4. The first-order valence-corrected chi connectivity index (χ1v) is 7.57. The highest BCUT2D eigenvalue weighted by Gasteiger charge is 2.34. The van der Waals surface area contributed by atoms with Crippen LogP contribution in [0.4, 0.5) is 0 Å². The van der Waals surface area contributed by atoms with Gasteiger partial charge in [0.25, 0.3) is 0 Å². The highest BCUT2D eigenvalue weighted by Crippen LogP contribution is 2.30. The van der Waals surface area contributed by atoms with Crippen molar-refractivity contribution in [2.75, 3.05) is 6.61 Å². The van der Waals surface area contributed by atoms with Crippen LogP contribution in [-0.4, -0.2) is 30.2 Å². The average molecular weight is 268 g/mol. The second kappa shape index (κ2) is 5.80. The van der Waals surface area contributed by atoms with Crippen molar-refractivity contribution >= 4 is 5.91 Å². The molecule has 0 aromatic heterocycles. The fourth-order valence-corrected chi connectivity index (χ4v) is 3.49. The largest absolute Gasteiger partial charge is 0.375 e. The summed E-state index contributed by atoms with van der Waals surface area (Å²) in [7, 11) is 0. The molecular formula is C15H28N2O2. The zero-order valence-electron chi connectivity index (χ0n) is 12.4. The summed E-state index contributed by atoms with van der Waals surface area (Å²) in [5.74, 6) is 0.768. The number of amides is 1. The maximum absolute atomic E-state index is 12.4. The van der Waals surface area contributed by atoms with Gasteiger partial charge in [-0.3, -0.25) is 4.79 Å². The molecular weight excluding hydrogens is 240 g/mol. The summed E-state index contributed by atoms with van der Waals surface area (Å²) in [5.41, 5.74) is 5.84. The first-order valence-electron chi connectivity index (χ1n) is 7.57. The predicted octanol–water partition coefficient (Wildman–Crippen LogP) is 1.82. The van der Waals surface area contributed by atoms with Crippen LogP contribution < -0.4 is 11.1 Å². The van der Waals surface area contributed by atoms with Gasteiger partial charge in [0.15, 0.2) is 0 Å². The van der Waals surface area contributed by atoms with Crippen molar-refractivity contribution in [1.82, 2.24) is 5.32 Å². The summed E-state index contributed by atoms with van der Waals surface area (Å²) in [5, 5.41) is 3.23. The van der Waals surface area contributed by atoms with E-state index in [0.717, 1.165) is 38.7 Å². The quantitative estimate of drug-likeness (QED) is 0.803. The summed E-state index contributed by atoms with van der Waals surface area (Å²) in [4.78, 5) is 12.4. The van der Waals surface area contributed by atoms with E-state index < -0.39 is 0 Å². The second-order valence-electron chi connectivity index (χ2n) is 6.96. The Balaban J connectivity index is 1.87. The van der Waals surface area contributed by atoms with Gasteiger partial charge in [-0.05, 0) is 51.9 Å². The molecule has 4 nitrogen and oxygen atoms in total. The van der Waals surface area contributed by atoms with Crippen LogP contribution in [0.3, 0.4) is 0 Å². The van der Waals surface area contributed by atoms with Gasteiger partial charge in [0.05, 0.1) is 5.60 Å². The van der Waals surface area contributed by atoms with E-state index in [-0.39, 0.29) is 29.5 Å². The molecule has 4 atom stereocenters. The van der Waals surface area contributed by atoms with Crippen molar-refractivity contribution in [3.63, 3.8) is 0 Å². The van der Waals surface area contributed by atoms with Crippen LogP contribution in [-0.2, 0) is 9.53 Å². The van der Waals surface area contributed by atoms with Gasteiger partial charge in [0.2, 0.25) is 5.91 Å². The lowest BCUT2D eigenvalue weighted by Crippen LogP contribution is -2.49. The molecule has 2 aliphatic rings. The summed E-state index contributed by atoms with van der Waals surface area (Å²) >= 11 is 0. The fraction of sp³-hybridized carbons (Fsp3) is 0.933. The topological polar surface area (TPSA) is 64.4 Å². The standard InChI is InChI=1S/C15H28N2O2/c1-10-8-11(16)4-5-13(10)14(18)17-12-6-7-19-15(2,3)9-12/h10-13H,4-9,16H2,1-3H3,(H,17,18). The Morgan fingerprint density at radius 2 is 2.05 bits per heavy atom. The molecule has 1 heterocycles. The van der Waals surface area contributed by atoms with Crippen LogP contribution in [0.5, 0.6) is 0 Å². The summed E-state index contributed by atoms with van der Waals surface area (Å²) in [6, 6.07) is 0.542. The number of carbonyl (C=O) groups is 1. The Bertz CT molecular complexity index is 330. The van der Waals surface area contributed by atoms with E-state index in [1.807, 2.05) is 0 Å². The Labute approximate surface area is 116 Å². The highest BCUT2D eigenvalue weighted by molar-refractivity contribution is 5.79. The molecule has 2 fully saturated rings. The third kappa shape index (κ3) is 3.93. The lowest BCUT2D eigenvalue weighted by atomic mass is 9.77. The number of nitrogens with two attached hydrogens (primary N) is 1. The van der Waals surface area contributed by atoms with E-state index in [9.17, 15) is 4.79 Å². The second-order valence-corrected chi connectivity index (χ2v) is 6.96. The van der Waals surface area contributed by atoms with Gasteiger partial charge in [-0.2, -0.15) is 0 Å². The highest BCUT2D eigenvalue weighted by atomic mass is 16.5. The van der Waals surface area contributed by atoms with Crippen LogP contribution in [0.2, 0.25) is 0 Å². The van der Waals surface area contributed by atoms with E-state index in [1.165, 1.54) is 0 Å². The zero-order chi connectivity index (χ0) is 14.0. The minimum absolute atomic E-state index is 0.114. The predicted molar refractivity (Wildman–Crippen MR) is 75.7 cm³/mol. The first kappa shape index (κ1) is 14.8. The monoisotopic (exact) mass is 268 g/mol. The van der Waals surface area contributed by atoms with E-state index in [0.29, 0.717) is 5.92 Å². The SMILES string of the molecule is CC1CC(N)CCC1C(=O)NC1CCOC(C)(C)C1. The van der Waals surface area contributed by atoms with Gasteiger partial charge in [-0.25, -0.2) is 0 Å². The molecule has 4 unspecified atom stereocenters. The van der Waals surface area contributed by atoms with Crippen LogP contribution in [0.15, 0.2) is 0 Å². The Morgan fingerprint density at radius 1 is 1.32 bits per heavy atom. The molecule has 0 spiro atoms. The van der Waals surface area contributed by atoms with Gasteiger partial charge in [0, 0.05) is 24.6 Å². The Morgan fingerprint density at radius 3 is 2.68 bits per heavy atom. The molecule has 0 bridgehead atoms. The van der Waals surface area contributed by atoms with Crippen LogP contribution in [0.25, 0.3) is 0 Å². The van der Waals surface area contributed by atoms with Crippen LogP contribution in [0, 0.1) is 11.8 Å². The lowest BCUT2D eigenvalue weighted by Gasteiger charge is -2.37.